The van der Waals surface area contributed by atoms with Crippen molar-refractivity contribution in [2.45, 2.75) is 25.2 Å². The summed E-state index contributed by atoms with van der Waals surface area (Å²) >= 11 is 0. The van der Waals surface area contributed by atoms with Crippen LogP contribution in [0.4, 0.5) is 5.69 Å². The summed E-state index contributed by atoms with van der Waals surface area (Å²) in [5.74, 6) is -0.580. The van der Waals surface area contributed by atoms with Gasteiger partial charge in [0.15, 0.2) is 0 Å². The molecule has 1 heterocycles. The van der Waals surface area contributed by atoms with Crippen LogP contribution in [-0.4, -0.2) is 16.1 Å². The molecule has 2 aromatic rings. The quantitative estimate of drug-likeness (QED) is 0.899. The zero-order chi connectivity index (χ0) is 15.4. The minimum Gasteiger partial charge on any atom is -0.478 e. The number of fused-ring (bicyclic) bond motifs is 1. The molecule has 1 unspecified atom stereocenters. The van der Waals surface area contributed by atoms with E-state index in [0.717, 1.165) is 12.8 Å². The Morgan fingerprint density at radius 3 is 3.05 bits per heavy atom. The standard InChI is InChI=1S/C18H18N2O2/c21-18(22)16-9-10-19-12-17(16)20-11-8-14-6-3-5-13-4-1-2-7-15(13)14/h1-2,4,7-12,14,20H,3,5-6H2,(H,21,22)/b11-8+. The van der Waals surface area contributed by atoms with Crippen molar-refractivity contribution in [2.75, 3.05) is 5.32 Å². The summed E-state index contributed by atoms with van der Waals surface area (Å²) in [5.41, 5.74) is 3.52. The molecular weight excluding hydrogens is 276 g/mol. The van der Waals surface area contributed by atoms with Gasteiger partial charge >= 0.3 is 5.97 Å². The second kappa shape index (κ2) is 6.43. The number of benzene rings is 1. The molecule has 3 rings (SSSR count). The average molecular weight is 294 g/mol. The number of hydrogen-bond acceptors (Lipinski definition) is 3. The number of aromatic nitrogens is 1. The van der Waals surface area contributed by atoms with Gasteiger partial charge in [0.05, 0.1) is 17.4 Å². The van der Waals surface area contributed by atoms with Crippen LogP contribution in [0.2, 0.25) is 0 Å². The lowest BCUT2D eigenvalue weighted by atomic mass is 9.83. The summed E-state index contributed by atoms with van der Waals surface area (Å²) < 4.78 is 0. The molecule has 4 heteroatoms. The lowest BCUT2D eigenvalue weighted by molar-refractivity contribution is 0.0698. The number of allylic oxidation sites excluding steroid dienone is 1. The minimum atomic E-state index is -0.957. The third-order valence-corrected chi connectivity index (χ3v) is 4.03. The van der Waals surface area contributed by atoms with Crippen molar-refractivity contribution in [2.24, 2.45) is 0 Å². The van der Waals surface area contributed by atoms with Gasteiger partial charge in [-0.3, -0.25) is 4.98 Å². The van der Waals surface area contributed by atoms with E-state index in [-0.39, 0.29) is 5.56 Å². The molecule has 1 aromatic heterocycles. The molecule has 1 aliphatic carbocycles. The number of pyridine rings is 1. The number of carboxylic acids is 1. The Morgan fingerprint density at radius 1 is 1.32 bits per heavy atom. The monoisotopic (exact) mass is 294 g/mol. The first-order valence-corrected chi connectivity index (χ1v) is 7.44. The molecule has 0 fully saturated rings. The van der Waals surface area contributed by atoms with Crippen molar-refractivity contribution >= 4 is 11.7 Å². The van der Waals surface area contributed by atoms with E-state index >= 15 is 0 Å². The molecule has 22 heavy (non-hydrogen) atoms. The van der Waals surface area contributed by atoms with Gasteiger partial charge in [-0.25, -0.2) is 4.79 Å². The van der Waals surface area contributed by atoms with Crippen LogP contribution in [0.15, 0.2) is 55.0 Å². The Morgan fingerprint density at radius 2 is 2.18 bits per heavy atom. The van der Waals surface area contributed by atoms with Crippen molar-refractivity contribution in [3.63, 3.8) is 0 Å². The first kappa shape index (κ1) is 14.3. The predicted octanol–water partition coefficient (Wildman–Crippen LogP) is 3.83. The summed E-state index contributed by atoms with van der Waals surface area (Å²) in [6.45, 7) is 0. The smallest absolute Gasteiger partial charge is 0.337 e. The van der Waals surface area contributed by atoms with E-state index in [1.165, 1.54) is 36.0 Å². The van der Waals surface area contributed by atoms with E-state index in [1.54, 1.807) is 0 Å². The lowest BCUT2D eigenvalue weighted by Crippen LogP contribution is -2.08. The molecule has 112 valence electrons. The zero-order valence-electron chi connectivity index (χ0n) is 12.2. The summed E-state index contributed by atoms with van der Waals surface area (Å²) in [6.07, 6.45) is 10.4. The maximum Gasteiger partial charge on any atom is 0.337 e. The number of nitrogens with one attached hydrogen (secondary N) is 1. The van der Waals surface area contributed by atoms with E-state index in [0.29, 0.717) is 11.6 Å². The third-order valence-electron chi connectivity index (χ3n) is 4.03. The number of rotatable bonds is 4. The van der Waals surface area contributed by atoms with Crippen LogP contribution in [0.5, 0.6) is 0 Å². The minimum absolute atomic E-state index is 0.226. The third kappa shape index (κ3) is 3.01. The molecule has 2 N–H and O–H groups in total. The number of aromatic carboxylic acids is 1. The topological polar surface area (TPSA) is 62.2 Å². The predicted molar refractivity (Wildman–Crippen MR) is 86.1 cm³/mol. The van der Waals surface area contributed by atoms with Crippen molar-refractivity contribution in [3.8, 4) is 0 Å². The highest BCUT2D eigenvalue weighted by Crippen LogP contribution is 2.32. The van der Waals surface area contributed by atoms with Gasteiger partial charge in [0.1, 0.15) is 0 Å². The Balaban J connectivity index is 1.75. The molecule has 0 saturated carbocycles. The first-order chi connectivity index (χ1) is 10.8. The fraction of sp³-hybridized carbons (Fsp3) is 0.222. The van der Waals surface area contributed by atoms with Crippen LogP contribution in [-0.2, 0) is 6.42 Å². The van der Waals surface area contributed by atoms with Gasteiger partial charge in [-0.1, -0.05) is 30.3 Å². The van der Waals surface area contributed by atoms with Crippen LogP contribution in [0.25, 0.3) is 0 Å². The molecule has 1 aromatic carbocycles. The highest BCUT2D eigenvalue weighted by Gasteiger charge is 2.17. The molecule has 0 aliphatic heterocycles. The molecule has 4 nitrogen and oxygen atoms in total. The molecule has 0 amide bonds. The SMILES string of the molecule is O=C(O)c1ccncc1N/C=C/C1CCCc2ccccc21. The number of nitrogens with zero attached hydrogens (tertiary/aromatic N) is 1. The molecule has 1 aliphatic rings. The van der Waals surface area contributed by atoms with Gasteiger partial charge in [-0.05, 0) is 42.7 Å². The number of aryl methyl sites for hydroxylation is 1. The first-order valence-electron chi connectivity index (χ1n) is 7.44. The molecule has 0 spiro atoms. The fourth-order valence-electron chi connectivity index (χ4n) is 2.94. The van der Waals surface area contributed by atoms with Gasteiger partial charge in [0, 0.05) is 12.1 Å². The van der Waals surface area contributed by atoms with Crippen LogP contribution in [0, 0.1) is 0 Å². The van der Waals surface area contributed by atoms with Gasteiger partial charge in [0.25, 0.3) is 0 Å². The Kier molecular flexibility index (Phi) is 4.19. The lowest BCUT2D eigenvalue weighted by Gasteiger charge is -2.22. The van der Waals surface area contributed by atoms with Crippen LogP contribution >= 0.6 is 0 Å². The Hall–Kier alpha value is -2.62. The molecule has 0 radical (unpaired) electrons. The maximum absolute atomic E-state index is 11.2. The highest BCUT2D eigenvalue weighted by molar-refractivity contribution is 5.94. The van der Waals surface area contributed by atoms with E-state index in [1.807, 2.05) is 6.20 Å². The number of hydrogen-bond donors (Lipinski definition) is 2. The summed E-state index contributed by atoms with van der Waals surface area (Å²) in [4.78, 5) is 15.1. The highest BCUT2D eigenvalue weighted by atomic mass is 16.4. The van der Waals surface area contributed by atoms with E-state index in [9.17, 15) is 4.79 Å². The van der Waals surface area contributed by atoms with Crippen molar-refractivity contribution < 1.29 is 9.90 Å². The van der Waals surface area contributed by atoms with Crippen molar-refractivity contribution in [1.29, 1.82) is 0 Å². The van der Waals surface area contributed by atoms with Gasteiger partial charge < -0.3 is 10.4 Å². The molecule has 0 saturated heterocycles. The fourth-order valence-corrected chi connectivity index (χ4v) is 2.94. The summed E-state index contributed by atoms with van der Waals surface area (Å²) in [6, 6.07) is 10.0. The maximum atomic E-state index is 11.2. The van der Waals surface area contributed by atoms with Gasteiger partial charge in [-0.15, -0.1) is 0 Å². The summed E-state index contributed by atoms with van der Waals surface area (Å²) in [7, 11) is 0. The van der Waals surface area contributed by atoms with Crippen LogP contribution in [0.3, 0.4) is 0 Å². The van der Waals surface area contributed by atoms with Crippen LogP contribution < -0.4 is 5.32 Å². The number of carbonyl (C=O) groups is 1. The van der Waals surface area contributed by atoms with E-state index in [4.69, 9.17) is 5.11 Å². The Bertz CT molecular complexity index is 710. The second-order valence-corrected chi connectivity index (χ2v) is 5.43. The average Bonchev–Trinajstić information content (AvgIpc) is 2.55. The van der Waals surface area contributed by atoms with Crippen molar-refractivity contribution in [3.05, 3.63) is 71.7 Å². The van der Waals surface area contributed by atoms with E-state index < -0.39 is 5.97 Å². The normalized spacial score (nSPS) is 17.2. The molecular formula is C18H18N2O2. The molecule has 1 atom stereocenters. The van der Waals surface area contributed by atoms with Crippen LogP contribution in [0.1, 0.15) is 40.2 Å². The van der Waals surface area contributed by atoms with Gasteiger partial charge in [0.2, 0.25) is 0 Å². The Labute approximate surface area is 129 Å². The van der Waals surface area contributed by atoms with Crippen molar-refractivity contribution in [1.82, 2.24) is 4.98 Å². The number of carboxylic acid groups (broad SMARTS) is 1. The zero-order valence-corrected chi connectivity index (χ0v) is 12.2. The van der Waals surface area contributed by atoms with Gasteiger partial charge in [-0.2, -0.15) is 0 Å². The van der Waals surface area contributed by atoms with E-state index in [2.05, 4.69) is 40.6 Å². The second-order valence-electron chi connectivity index (χ2n) is 5.43. The molecule has 0 bridgehead atoms. The summed E-state index contributed by atoms with van der Waals surface area (Å²) in [5, 5.41) is 12.2. The number of anilines is 1. The largest absolute Gasteiger partial charge is 0.478 e.